The van der Waals surface area contributed by atoms with E-state index in [0.29, 0.717) is 33.7 Å². The van der Waals surface area contributed by atoms with Crippen molar-refractivity contribution < 1.29 is 9.53 Å². The average molecular weight is 369 g/mol. The maximum absolute atomic E-state index is 12.2. The first kappa shape index (κ1) is 17.5. The summed E-state index contributed by atoms with van der Waals surface area (Å²) in [5.74, 6) is 0.277. The normalized spacial score (nSPS) is 10.0. The van der Waals surface area contributed by atoms with Gasteiger partial charge in [-0.3, -0.25) is 10.1 Å². The monoisotopic (exact) mass is 368 g/mol. The van der Waals surface area contributed by atoms with Crippen LogP contribution in [-0.4, -0.2) is 17.6 Å². The van der Waals surface area contributed by atoms with Crippen molar-refractivity contribution in [1.29, 1.82) is 0 Å². The summed E-state index contributed by atoms with van der Waals surface area (Å²) >= 11 is 17.1. The fraction of sp³-hybridized carbons (Fsp3) is 0.125. The molecular weight excluding hydrogens is 355 g/mol. The number of amides is 1. The molecule has 0 aliphatic rings. The topological polar surface area (TPSA) is 50.4 Å². The number of ether oxygens (including phenoxy) is 1. The van der Waals surface area contributed by atoms with Crippen molar-refractivity contribution in [2.24, 2.45) is 0 Å². The molecule has 0 aliphatic carbocycles. The summed E-state index contributed by atoms with van der Waals surface area (Å²) in [4.78, 5) is 12.2. The third-order valence-corrected chi connectivity index (χ3v) is 3.58. The zero-order valence-electron chi connectivity index (χ0n) is 12.2. The Morgan fingerprint density at radius 3 is 2.74 bits per heavy atom. The van der Waals surface area contributed by atoms with Crippen LogP contribution >= 0.6 is 35.4 Å². The molecule has 0 radical (unpaired) electrons. The van der Waals surface area contributed by atoms with E-state index in [2.05, 4.69) is 10.6 Å². The Labute approximate surface area is 149 Å². The highest BCUT2D eigenvalue weighted by molar-refractivity contribution is 7.80. The van der Waals surface area contributed by atoms with Crippen LogP contribution in [0.1, 0.15) is 17.3 Å². The van der Waals surface area contributed by atoms with Gasteiger partial charge in [-0.2, -0.15) is 0 Å². The summed E-state index contributed by atoms with van der Waals surface area (Å²) in [6.45, 7) is 2.40. The van der Waals surface area contributed by atoms with Crippen LogP contribution in [0.25, 0.3) is 0 Å². The Morgan fingerprint density at radius 1 is 1.22 bits per heavy atom. The number of rotatable bonds is 4. The summed E-state index contributed by atoms with van der Waals surface area (Å²) in [5.41, 5.74) is 0.963. The number of anilines is 1. The first-order valence-electron chi connectivity index (χ1n) is 6.80. The first-order chi connectivity index (χ1) is 11.0. The van der Waals surface area contributed by atoms with E-state index >= 15 is 0 Å². The van der Waals surface area contributed by atoms with Crippen molar-refractivity contribution in [2.45, 2.75) is 6.92 Å². The molecule has 0 atom stereocenters. The SMILES string of the molecule is CCOc1cccc(C(=O)NC(=S)Nc2cc(Cl)ccc2Cl)c1. The van der Waals surface area contributed by atoms with E-state index in [9.17, 15) is 4.79 Å². The van der Waals surface area contributed by atoms with E-state index in [1.165, 1.54) is 0 Å². The standard InChI is InChI=1S/C16H14Cl2N2O2S/c1-2-22-12-5-3-4-10(8-12)15(21)20-16(23)19-14-9-11(17)6-7-13(14)18/h3-9H,2H2,1H3,(H2,19,20,21,23). The van der Waals surface area contributed by atoms with Crippen LogP contribution in [0.15, 0.2) is 42.5 Å². The summed E-state index contributed by atoms with van der Waals surface area (Å²) in [6, 6.07) is 11.8. The molecule has 4 nitrogen and oxygen atoms in total. The smallest absolute Gasteiger partial charge is 0.257 e. The van der Waals surface area contributed by atoms with Crippen LogP contribution in [-0.2, 0) is 0 Å². The van der Waals surface area contributed by atoms with Gasteiger partial charge in [-0.15, -0.1) is 0 Å². The Kier molecular flexibility index (Phi) is 6.21. The molecule has 2 aromatic carbocycles. The summed E-state index contributed by atoms with van der Waals surface area (Å²) < 4.78 is 5.37. The highest BCUT2D eigenvalue weighted by Crippen LogP contribution is 2.25. The highest BCUT2D eigenvalue weighted by atomic mass is 35.5. The molecule has 0 bridgehead atoms. The van der Waals surface area contributed by atoms with Gasteiger partial charge >= 0.3 is 0 Å². The van der Waals surface area contributed by atoms with Gasteiger partial charge < -0.3 is 10.1 Å². The second-order valence-corrected chi connectivity index (χ2v) is 5.75. The average Bonchev–Trinajstić information content (AvgIpc) is 2.51. The van der Waals surface area contributed by atoms with Gasteiger partial charge in [0.2, 0.25) is 0 Å². The van der Waals surface area contributed by atoms with Gasteiger partial charge in [0.15, 0.2) is 5.11 Å². The van der Waals surface area contributed by atoms with Gasteiger partial charge in [-0.1, -0.05) is 29.3 Å². The molecule has 0 heterocycles. The van der Waals surface area contributed by atoms with Gasteiger partial charge in [0, 0.05) is 10.6 Å². The van der Waals surface area contributed by atoms with Crippen LogP contribution in [0.3, 0.4) is 0 Å². The lowest BCUT2D eigenvalue weighted by Crippen LogP contribution is -2.34. The van der Waals surface area contributed by atoms with E-state index in [-0.39, 0.29) is 11.0 Å². The predicted octanol–water partition coefficient (Wildman–Crippen LogP) is 4.52. The zero-order chi connectivity index (χ0) is 16.8. The third-order valence-electron chi connectivity index (χ3n) is 2.81. The summed E-state index contributed by atoms with van der Waals surface area (Å²) in [7, 11) is 0. The Hall–Kier alpha value is -1.82. The molecule has 0 unspecified atom stereocenters. The minimum atomic E-state index is -0.345. The summed E-state index contributed by atoms with van der Waals surface area (Å²) in [6.07, 6.45) is 0. The fourth-order valence-electron chi connectivity index (χ4n) is 1.82. The van der Waals surface area contributed by atoms with Crippen molar-refractivity contribution in [2.75, 3.05) is 11.9 Å². The number of hydrogen-bond donors (Lipinski definition) is 2. The van der Waals surface area contributed by atoms with Crippen LogP contribution in [0.5, 0.6) is 5.75 Å². The van der Waals surface area contributed by atoms with Crippen LogP contribution < -0.4 is 15.4 Å². The first-order valence-corrected chi connectivity index (χ1v) is 7.96. The molecule has 7 heteroatoms. The number of benzene rings is 2. The molecule has 0 fully saturated rings. The Bertz CT molecular complexity index is 738. The predicted molar refractivity (Wildman–Crippen MR) is 97.8 cm³/mol. The molecule has 1 amide bonds. The molecule has 0 spiro atoms. The quantitative estimate of drug-likeness (QED) is 0.779. The molecular formula is C16H14Cl2N2O2S. The van der Waals surface area contributed by atoms with E-state index in [1.807, 2.05) is 6.92 Å². The maximum atomic E-state index is 12.2. The second-order valence-electron chi connectivity index (χ2n) is 4.49. The number of halogens is 2. The molecule has 2 aromatic rings. The molecule has 0 aromatic heterocycles. The molecule has 2 rings (SSSR count). The van der Waals surface area contributed by atoms with Gasteiger partial charge in [-0.25, -0.2) is 0 Å². The highest BCUT2D eigenvalue weighted by Gasteiger charge is 2.10. The lowest BCUT2D eigenvalue weighted by molar-refractivity contribution is 0.0977. The second kappa shape index (κ2) is 8.15. The summed E-state index contributed by atoms with van der Waals surface area (Å²) in [5, 5.41) is 6.51. The molecule has 120 valence electrons. The lowest BCUT2D eigenvalue weighted by atomic mass is 10.2. The lowest BCUT2D eigenvalue weighted by Gasteiger charge is -2.11. The molecule has 2 N–H and O–H groups in total. The maximum Gasteiger partial charge on any atom is 0.257 e. The van der Waals surface area contributed by atoms with Crippen LogP contribution in [0, 0.1) is 0 Å². The van der Waals surface area contributed by atoms with Gasteiger partial charge in [0.05, 0.1) is 17.3 Å². The van der Waals surface area contributed by atoms with E-state index in [0.717, 1.165) is 0 Å². The van der Waals surface area contributed by atoms with Crippen LogP contribution in [0.2, 0.25) is 10.0 Å². The molecule has 0 saturated carbocycles. The van der Waals surface area contributed by atoms with Crippen molar-refractivity contribution >= 4 is 52.1 Å². The van der Waals surface area contributed by atoms with Crippen LogP contribution in [0.4, 0.5) is 5.69 Å². The third kappa shape index (κ3) is 5.10. The van der Waals surface area contributed by atoms with E-state index in [1.54, 1.807) is 42.5 Å². The number of carbonyl (C=O) groups excluding carboxylic acids is 1. The fourth-order valence-corrected chi connectivity index (χ4v) is 2.36. The van der Waals surface area contributed by atoms with Crippen molar-refractivity contribution in [3.05, 3.63) is 58.1 Å². The molecule has 0 aliphatic heterocycles. The van der Waals surface area contributed by atoms with E-state index < -0.39 is 0 Å². The number of hydrogen-bond acceptors (Lipinski definition) is 3. The zero-order valence-corrected chi connectivity index (χ0v) is 14.6. The van der Waals surface area contributed by atoms with Gasteiger partial charge in [0.25, 0.3) is 5.91 Å². The minimum absolute atomic E-state index is 0.126. The van der Waals surface area contributed by atoms with Crippen molar-refractivity contribution in [1.82, 2.24) is 5.32 Å². The van der Waals surface area contributed by atoms with Gasteiger partial charge in [0.1, 0.15) is 5.75 Å². The van der Waals surface area contributed by atoms with Gasteiger partial charge in [-0.05, 0) is 55.5 Å². The van der Waals surface area contributed by atoms with Crippen molar-refractivity contribution in [3.8, 4) is 5.75 Å². The largest absolute Gasteiger partial charge is 0.494 e. The van der Waals surface area contributed by atoms with E-state index in [4.69, 9.17) is 40.2 Å². The molecule has 0 saturated heterocycles. The number of thiocarbonyl (C=S) groups is 1. The molecule has 23 heavy (non-hydrogen) atoms. The Morgan fingerprint density at radius 2 is 2.00 bits per heavy atom. The number of carbonyl (C=O) groups is 1. The number of nitrogens with one attached hydrogen (secondary N) is 2. The van der Waals surface area contributed by atoms with Crippen molar-refractivity contribution in [3.63, 3.8) is 0 Å². The Balaban J connectivity index is 2.03. The minimum Gasteiger partial charge on any atom is -0.494 e.